The minimum absolute atomic E-state index is 0.000718. The number of anilines is 2. The van der Waals surface area contributed by atoms with Gasteiger partial charge in [-0.15, -0.1) is 0 Å². The van der Waals surface area contributed by atoms with E-state index in [0.717, 1.165) is 22.5 Å². The molecule has 0 atom stereocenters. The third kappa shape index (κ3) is 2.33. The largest absolute Gasteiger partial charge is 0.398 e. The van der Waals surface area contributed by atoms with Gasteiger partial charge in [-0.3, -0.25) is 0 Å². The first-order valence-corrected chi connectivity index (χ1v) is 6.58. The van der Waals surface area contributed by atoms with E-state index in [9.17, 15) is 0 Å². The number of hydrogen-bond donors (Lipinski definition) is 2. The van der Waals surface area contributed by atoms with Gasteiger partial charge in [0.2, 0.25) is 0 Å². The van der Waals surface area contributed by atoms with Gasteiger partial charge in [0, 0.05) is 11.4 Å². The van der Waals surface area contributed by atoms with Crippen LogP contribution in [0.5, 0.6) is 0 Å². The van der Waals surface area contributed by atoms with Crippen LogP contribution in [-0.4, -0.2) is 0 Å². The molecule has 1 rings (SSSR count). The Balaban J connectivity index is 3.89. The summed E-state index contributed by atoms with van der Waals surface area (Å²) in [6.07, 6.45) is 0. The van der Waals surface area contributed by atoms with Crippen LogP contribution in [0.25, 0.3) is 0 Å². The van der Waals surface area contributed by atoms with Gasteiger partial charge in [-0.05, 0) is 46.9 Å². The minimum Gasteiger partial charge on any atom is -0.398 e. The van der Waals surface area contributed by atoms with Crippen molar-refractivity contribution in [3.63, 3.8) is 0 Å². The van der Waals surface area contributed by atoms with E-state index >= 15 is 0 Å². The lowest BCUT2D eigenvalue weighted by molar-refractivity contribution is 0.533. The van der Waals surface area contributed by atoms with Gasteiger partial charge in [0.15, 0.2) is 0 Å². The third-order valence-corrected chi connectivity index (χ3v) is 3.66. The SMILES string of the molecule is Cc1c(C)c(N)c(C(C)(C)C)c(C(C)(C)C)c1N. The molecule has 0 aromatic heterocycles. The second-order valence-corrected chi connectivity index (χ2v) is 7.33. The van der Waals surface area contributed by atoms with Crippen LogP contribution in [-0.2, 0) is 10.8 Å². The molecule has 102 valence electrons. The fraction of sp³-hybridized carbons (Fsp3) is 0.625. The molecule has 2 nitrogen and oxygen atoms in total. The Morgan fingerprint density at radius 2 is 0.833 bits per heavy atom. The third-order valence-electron chi connectivity index (χ3n) is 3.66. The maximum absolute atomic E-state index is 6.38. The summed E-state index contributed by atoms with van der Waals surface area (Å²) in [6, 6.07) is 0. The van der Waals surface area contributed by atoms with Crippen molar-refractivity contribution in [3.05, 3.63) is 22.3 Å². The number of rotatable bonds is 0. The first kappa shape index (κ1) is 14.9. The summed E-state index contributed by atoms with van der Waals surface area (Å²) in [5, 5.41) is 0. The smallest absolute Gasteiger partial charge is 0.0388 e. The lowest BCUT2D eigenvalue weighted by Crippen LogP contribution is -2.26. The molecule has 0 saturated heterocycles. The normalized spacial score (nSPS) is 12.9. The quantitative estimate of drug-likeness (QED) is 0.680. The van der Waals surface area contributed by atoms with Crippen molar-refractivity contribution in [2.75, 3.05) is 11.5 Å². The Morgan fingerprint density at radius 1 is 0.611 bits per heavy atom. The van der Waals surface area contributed by atoms with Crippen LogP contribution in [0, 0.1) is 13.8 Å². The molecular weight excluding hydrogens is 220 g/mol. The van der Waals surface area contributed by atoms with E-state index in [1.807, 2.05) is 0 Å². The molecule has 18 heavy (non-hydrogen) atoms. The molecule has 0 aliphatic heterocycles. The summed E-state index contributed by atoms with van der Waals surface area (Å²) in [4.78, 5) is 0. The molecular formula is C16H28N2. The Labute approximate surface area is 112 Å². The molecule has 0 unspecified atom stereocenters. The van der Waals surface area contributed by atoms with Gasteiger partial charge in [-0.2, -0.15) is 0 Å². The number of nitrogens with two attached hydrogens (primary N) is 2. The molecule has 0 aliphatic carbocycles. The van der Waals surface area contributed by atoms with Crippen molar-refractivity contribution < 1.29 is 0 Å². The van der Waals surface area contributed by atoms with E-state index in [2.05, 4.69) is 55.4 Å². The highest BCUT2D eigenvalue weighted by Gasteiger charge is 2.31. The van der Waals surface area contributed by atoms with E-state index in [1.165, 1.54) is 11.1 Å². The van der Waals surface area contributed by atoms with Crippen molar-refractivity contribution in [2.45, 2.75) is 66.2 Å². The van der Waals surface area contributed by atoms with Crippen LogP contribution >= 0.6 is 0 Å². The average Bonchev–Trinajstić information content (AvgIpc) is 2.16. The summed E-state index contributed by atoms with van der Waals surface area (Å²) in [5.41, 5.74) is 19.2. The monoisotopic (exact) mass is 248 g/mol. The van der Waals surface area contributed by atoms with Crippen LogP contribution in [0.1, 0.15) is 63.8 Å². The highest BCUT2D eigenvalue weighted by Crippen LogP contribution is 2.44. The number of nitrogen functional groups attached to an aromatic ring is 2. The molecule has 0 fully saturated rings. The maximum Gasteiger partial charge on any atom is 0.0388 e. The summed E-state index contributed by atoms with van der Waals surface area (Å²) >= 11 is 0. The summed E-state index contributed by atoms with van der Waals surface area (Å²) in [5.74, 6) is 0. The van der Waals surface area contributed by atoms with Crippen LogP contribution in [0.15, 0.2) is 0 Å². The second kappa shape index (κ2) is 4.18. The molecule has 0 heterocycles. The van der Waals surface area contributed by atoms with Crippen LogP contribution in [0.2, 0.25) is 0 Å². The van der Waals surface area contributed by atoms with Gasteiger partial charge in [-0.25, -0.2) is 0 Å². The molecule has 2 heteroatoms. The summed E-state index contributed by atoms with van der Waals surface area (Å²) in [7, 11) is 0. The van der Waals surface area contributed by atoms with Gasteiger partial charge in [-0.1, -0.05) is 41.5 Å². The van der Waals surface area contributed by atoms with Crippen molar-refractivity contribution >= 4 is 11.4 Å². The van der Waals surface area contributed by atoms with Crippen molar-refractivity contribution in [3.8, 4) is 0 Å². The van der Waals surface area contributed by atoms with Gasteiger partial charge >= 0.3 is 0 Å². The zero-order valence-corrected chi connectivity index (χ0v) is 13.2. The van der Waals surface area contributed by atoms with E-state index in [1.54, 1.807) is 0 Å². The maximum atomic E-state index is 6.38. The van der Waals surface area contributed by atoms with E-state index in [-0.39, 0.29) is 10.8 Å². The number of hydrogen-bond acceptors (Lipinski definition) is 2. The Morgan fingerprint density at radius 3 is 1.00 bits per heavy atom. The zero-order chi connectivity index (χ0) is 14.5. The van der Waals surface area contributed by atoms with E-state index in [0.29, 0.717) is 0 Å². The molecule has 0 saturated carbocycles. The van der Waals surface area contributed by atoms with Crippen molar-refractivity contribution in [2.24, 2.45) is 0 Å². The Hall–Kier alpha value is -1.18. The van der Waals surface area contributed by atoms with Crippen LogP contribution in [0.4, 0.5) is 11.4 Å². The Bertz CT molecular complexity index is 427. The fourth-order valence-corrected chi connectivity index (χ4v) is 2.61. The van der Waals surface area contributed by atoms with E-state index < -0.39 is 0 Å². The summed E-state index contributed by atoms with van der Waals surface area (Å²) < 4.78 is 0. The lowest BCUT2D eigenvalue weighted by atomic mass is 9.72. The Kier molecular flexibility index (Phi) is 3.46. The van der Waals surface area contributed by atoms with Gasteiger partial charge in [0.1, 0.15) is 0 Å². The second-order valence-electron chi connectivity index (χ2n) is 7.33. The molecule has 0 spiro atoms. The van der Waals surface area contributed by atoms with Gasteiger partial charge in [0.05, 0.1) is 0 Å². The van der Waals surface area contributed by atoms with Crippen molar-refractivity contribution in [1.82, 2.24) is 0 Å². The fourth-order valence-electron chi connectivity index (χ4n) is 2.61. The highest BCUT2D eigenvalue weighted by atomic mass is 14.6. The van der Waals surface area contributed by atoms with Crippen LogP contribution < -0.4 is 11.5 Å². The zero-order valence-electron chi connectivity index (χ0n) is 13.2. The highest BCUT2D eigenvalue weighted by molar-refractivity contribution is 5.73. The molecule has 0 bridgehead atoms. The number of benzene rings is 1. The van der Waals surface area contributed by atoms with Gasteiger partial charge in [0.25, 0.3) is 0 Å². The van der Waals surface area contributed by atoms with Gasteiger partial charge < -0.3 is 11.5 Å². The predicted octanol–water partition coefficient (Wildman–Crippen LogP) is 4.06. The summed E-state index contributed by atoms with van der Waals surface area (Å²) in [6.45, 7) is 17.3. The van der Waals surface area contributed by atoms with Crippen molar-refractivity contribution in [1.29, 1.82) is 0 Å². The molecule has 1 aromatic rings. The molecule has 0 aliphatic rings. The van der Waals surface area contributed by atoms with E-state index in [4.69, 9.17) is 11.5 Å². The van der Waals surface area contributed by atoms with Crippen LogP contribution in [0.3, 0.4) is 0 Å². The first-order chi connectivity index (χ1) is 7.89. The molecule has 0 amide bonds. The lowest BCUT2D eigenvalue weighted by Gasteiger charge is -2.34. The first-order valence-electron chi connectivity index (χ1n) is 6.58. The predicted molar refractivity (Wildman–Crippen MR) is 82.1 cm³/mol. The molecule has 4 N–H and O–H groups in total. The average molecular weight is 248 g/mol. The topological polar surface area (TPSA) is 52.0 Å². The minimum atomic E-state index is -0.000718. The molecule has 1 aromatic carbocycles. The molecule has 0 radical (unpaired) electrons. The standard InChI is InChI=1S/C16H28N2/c1-9-10(2)14(18)12(16(6,7)8)11(13(9)17)15(3,4)5/h17-18H2,1-8H3.